The number of rotatable bonds is 4. The average Bonchev–Trinajstić information content (AvgIpc) is 2.68. The standard InChI is InChI=1S/C13H19NO2/c1-3-4-7-14(2)12-9-16-13-8-10(15)5-6-11(12)13/h5-6,8,12,15H,3-4,7,9H2,1-2H3. The first-order valence-electron chi connectivity index (χ1n) is 5.88. The molecule has 88 valence electrons. The van der Waals surface area contributed by atoms with Gasteiger partial charge in [0.2, 0.25) is 0 Å². The number of nitrogens with zero attached hydrogens (tertiary/aromatic N) is 1. The largest absolute Gasteiger partial charge is 0.508 e. The summed E-state index contributed by atoms with van der Waals surface area (Å²) in [4.78, 5) is 2.33. The van der Waals surface area contributed by atoms with Gasteiger partial charge in [-0.3, -0.25) is 4.90 Å². The van der Waals surface area contributed by atoms with Gasteiger partial charge in [-0.25, -0.2) is 0 Å². The van der Waals surface area contributed by atoms with Gasteiger partial charge < -0.3 is 9.84 Å². The second kappa shape index (κ2) is 4.74. The summed E-state index contributed by atoms with van der Waals surface area (Å²) in [6.07, 6.45) is 2.42. The van der Waals surface area contributed by atoms with Gasteiger partial charge in [0, 0.05) is 11.6 Å². The fourth-order valence-electron chi connectivity index (χ4n) is 2.11. The Morgan fingerprint density at radius 1 is 1.50 bits per heavy atom. The number of phenolic OH excluding ortho intramolecular Hbond substituents is 1. The van der Waals surface area contributed by atoms with Gasteiger partial charge in [-0.15, -0.1) is 0 Å². The van der Waals surface area contributed by atoms with Crippen molar-refractivity contribution in [2.45, 2.75) is 25.8 Å². The number of benzene rings is 1. The molecule has 0 saturated carbocycles. The monoisotopic (exact) mass is 221 g/mol. The number of fused-ring (bicyclic) bond motifs is 1. The summed E-state index contributed by atoms with van der Waals surface area (Å²) >= 11 is 0. The third kappa shape index (κ3) is 2.14. The Balaban J connectivity index is 2.11. The minimum absolute atomic E-state index is 0.274. The molecule has 0 aromatic heterocycles. The molecule has 1 aliphatic heterocycles. The van der Waals surface area contributed by atoms with Crippen molar-refractivity contribution in [3.05, 3.63) is 23.8 Å². The van der Waals surface area contributed by atoms with Crippen LogP contribution in [-0.2, 0) is 0 Å². The van der Waals surface area contributed by atoms with Crippen LogP contribution in [0.4, 0.5) is 0 Å². The second-order valence-corrected chi connectivity index (χ2v) is 4.38. The van der Waals surface area contributed by atoms with E-state index in [4.69, 9.17) is 4.74 Å². The summed E-state index contributed by atoms with van der Waals surface area (Å²) in [5, 5.41) is 9.37. The highest BCUT2D eigenvalue weighted by Gasteiger charge is 2.27. The van der Waals surface area contributed by atoms with Crippen molar-refractivity contribution in [1.29, 1.82) is 0 Å². The van der Waals surface area contributed by atoms with Crippen LogP contribution in [0.3, 0.4) is 0 Å². The molecule has 1 aliphatic rings. The summed E-state index contributed by atoms with van der Waals surface area (Å²) in [5.41, 5.74) is 1.19. The highest BCUT2D eigenvalue weighted by atomic mass is 16.5. The Labute approximate surface area is 96.6 Å². The number of unbranched alkanes of at least 4 members (excludes halogenated alkanes) is 1. The number of phenols is 1. The van der Waals surface area contributed by atoms with E-state index in [0.29, 0.717) is 12.6 Å². The Kier molecular flexibility index (Phi) is 3.34. The highest BCUT2D eigenvalue weighted by molar-refractivity contribution is 5.44. The maximum atomic E-state index is 9.37. The van der Waals surface area contributed by atoms with Gasteiger partial charge in [0.15, 0.2) is 0 Å². The number of likely N-dealkylation sites (N-methyl/N-ethyl adjacent to an activating group) is 1. The van der Waals surface area contributed by atoms with E-state index < -0.39 is 0 Å². The van der Waals surface area contributed by atoms with Gasteiger partial charge >= 0.3 is 0 Å². The van der Waals surface area contributed by atoms with Crippen LogP contribution in [0.2, 0.25) is 0 Å². The van der Waals surface area contributed by atoms with Gasteiger partial charge in [0.05, 0.1) is 6.04 Å². The molecule has 0 amide bonds. The highest BCUT2D eigenvalue weighted by Crippen LogP contribution is 2.37. The van der Waals surface area contributed by atoms with Crippen LogP contribution in [0.25, 0.3) is 0 Å². The molecule has 2 rings (SSSR count). The van der Waals surface area contributed by atoms with Crippen LogP contribution in [0, 0.1) is 0 Å². The molecule has 1 atom stereocenters. The molecule has 1 heterocycles. The normalized spacial score (nSPS) is 18.6. The maximum Gasteiger partial charge on any atom is 0.127 e. The molecule has 16 heavy (non-hydrogen) atoms. The quantitative estimate of drug-likeness (QED) is 0.848. The zero-order valence-electron chi connectivity index (χ0n) is 9.94. The number of ether oxygens (including phenoxy) is 1. The fourth-order valence-corrected chi connectivity index (χ4v) is 2.11. The number of aromatic hydroxyl groups is 1. The summed E-state index contributed by atoms with van der Waals surface area (Å²) < 4.78 is 5.59. The zero-order valence-corrected chi connectivity index (χ0v) is 9.94. The molecule has 0 radical (unpaired) electrons. The van der Waals surface area contributed by atoms with Gasteiger partial charge in [0.1, 0.15) is 18.1 Å². The molecule has 1 aromatic carbocycles. The summed E-state index contributed by atoms with van der Waals surface area (Å²) in [7, 11) is 2.13. The van der Waals surface area contributed by atoms with Crippen LogP contribution in [-0.4, -0.2) is 30.2 Å². The van der Waals surface area contributed by atoms with E-state index in [0.717, 1.165) is 12.3 Å². The van der Waals surface area contributed by atoms with E-state index in [-0.39, 0.29) is 5.75 Å². The molecule has 3 nitrogen and oxygen atoms in total. The molecule has 0 saturated heterocycles. The molecule has 0 aliphatic carbocycles. The smallest absolute Gasteiger partial charge is 0.127 e. The molecular formula is C13H19NO2. The van der Waals surface area contributed by atoms with Crippen molar-refractivity contribution in [2.24, 2.45) is 0 Å². The first kappa shape index (κ1) is 11.3. The second-order valence-electron chi connectivity index (χ2n) is 4.38. The van der Waals surface area contributed by atoms with Gasteiger partial charge in [-0.1, -0.05) is 13.3 Å². The van der Waals surface area contributed by atoms with Gasteiger partial charge in [-0.2, -0.15) is 0 Å². The predicted octanol–water partition coefficient (Wildman–Crippen LogP) is 2.56. The predicted molar refractivity (Wildman–Crippen MR) is 63.9 cm³/mol. The zero-order chi connectivity index (χ0) is 11.5. The first-order valence-corrected chi connectivity index (χ1v) is 5.88. The van der Waals surface area contributed by atoms with Crippen molar-refractivity contribution >= 4 is 0 Å². The SMILES string of the molecule is CCCCN(C)C1COc2cc(O)ccc21. The van der Waals surface area contributed by atoms with Crippen molar-refractivity contribution in [3.63, 3.8) is 0 Å². The molecule has 1 unspecified atom stereocenters. The number of hydrogen-bond acceptors (Lipinski definition) is 3. The molecule has 3 heteroatoms. The van der Waals surface area contributed by atoms with E-state index >= 15 is 0 Å². The third-order valence-electron chi connectivity index (χ3n) is 3.15. The lowest BCUT2D eigenvalue weighted by atomic mass is 10.1. The lowest BCUT2D eigenvalue weighted by Crippen LogP contribution is -2.26. The van der Waals surface area contributed by atoms with Crippen LogP contribution in [0.5, 0.6) is 11.5 Å². The van der Waals surface area contributed by atoms with Crippen LogP contribution < -0.4 is 4.74 Å². The van der Waals surface area contributed by atoms with E-state index in [9.17, 15) is 5.11 Å². The Morgan fingerprint density at radius 3 is 3.06 bits per heavy atom. The van der Waals surface area contributed by atoms with Crippen molar-refractivity contribution < 1.29 is 9.84 Å². The number of hydrogen-bond donors (Lipinski definition) is 1. The molecule has 0 bridgehead atoms. The third-order valence-corrected chi connectivity index (χ3v) is 3.15. The van der Waals surface area contributed by atoms with Crippen molar-refractivity contribution in [2.75, 3.05) is 20.2 Å². The minimum Gasteiger partial charge on any atom is -0.508 e. The van der Waals surface area contributed by atoms with Crippen molar-refractivity contribution in [1.82, 2.24) is 4.90 Å². The van der Waals surface area contributed by atoms with Gasteiger partial charge in [0.25, 0.3) is 0 Å². The fraction of sp³-hybridized carbons (Fsp3) is 0.538. The molecular weight excluding hydrogens is 202 g/mol. The summed E-state index contributed by atoms with van der Waals surface area (Å²) in [6, 6.07) is 5.73. The van der Waals surface area contributed by atoms with Crippen molar-refractivity contribution in [3.8, 4) is 11.5 Å². The minimum atomic E-state index is 0.274. The topological polar surface area (TPSA) is 32.7 Å². The molecule has 0 fully saturated rings. The van der Waals surface area contributed by atoms with Crippen LogP contribution in [0.15, 0.2) is 18.2 Å². The molecule has 0 spiro atoms. The lowest BCUT2D eigenvalue weighted by molar-refractivity contribution is 0.193. The van der Waals surface area contributed by atoms with Gasteiger partial charge in [-0.05, 0) is 32.1 Å². The van der Waals surface area contributed by atoms with E-state index in [1.54, 1.807) is 12.1 Å². The van der Waals surface area contributed by atoms with E-state index in [1.807, 2.05) is 6.07 Å². The Morgan fingerprint density at radius 2 is 2.31 bits per heavy atom. The average molecular weight is 221 g/mol. The van der Waals surface area contributed by atoms with E-state index in [2.05, 4.69) is 18.9 Å². The molecule has 1 N–H and O–H groups in total. The van der Waals surface area contributed by atoms with Crippen LogP contribution >= 0.6 is 0 Å². The maximum absolute atomic E-state index is 9.37. The van der Waals surface area contributed by atoms with E-state index in [1.165, 1.54) is 18.4 Å². The summed E-state index contributed by atoms with van der Waals surface area (Å²) in [6.45, 7) is 3.98. The summed E-state index contributed by atoms with van der Waals surface area (Å²) in [5.74, 6) is 1.10. The lowest BCUT2D eigenvalue weighted by Gasteiger charge is -2.22. The van der Waals surface area contributed by atoms with Crippen LogP contribution in [0.1, 0.15) is 31.4 Å². The Hall–Kier alpha value is -1.22. The first-order chi connectivity index (χ1) is 7.72. The Bertz CT molecular complexity index is 365. The molecule has 1 aromatic rings.